The molecule has 1 rings (SSSR count). The second-order valence-electron chi connectivity index (χ2n) is 4.61. The molecule has 0 aromatic heterocycles. The first-order valence-electron chi connectivity index (χ1n) is 5.68. The van der Waals surface area contributed by atoms with Gasteiger partial charge in [0.25, 0.3) is 0 Å². The van der Waals surface area contributed by atoms with E-state index >= 15 is 0 Å². The average Bonchev–Trinajstić information content (AvgIpc) is 2.22. The Morgan fingerprint density at radius 3 is 2.40 bits per heavy atom. The van der Waals surface area contributed by atoms with Crippen LogP contribution in [0.3, 0.4) is 0 Å². The highest BCUT2D eigenvalue weighted by Gasteiger charge is 2.33. The molecule has 0 aromatic rings. The first kappa shape index (κ1) is 12.5. The lowest BCUT2D eigenvalue weighted by Gasteiger charge is -2.41. The number of rotatable bonds is 4. The SMILES string of the molecule is CCC(C(=O)O)N1CCC(C)(NC)CC1. The van der Waals surface area contributed by atoms with E-state index in [4.69, 9.17) is 5.11 Å². The van der Waals surface area contributed by atoms with Crippen LogP contribution >= 0.6 is 0 Å². The Morgan fingerprint density at radius 1 is 1.53 bits per heavy atom. The highest BCUT2D eigenvalue weighted by atomic mass is 16.4. The van der Waals surface area contributed by atoms with Crippen LogP contribution in [-0.4, -0.2) is 47.7 Å². The van der Waals surface area contributed by atoms with Gasteiger partial charge in [-0.25, -0.2) is 0 Å². The van der Waals surface area contributed by atoms with Gasteiger partial charge in [-0.1, -0.05) is 6.92 Å². The molecule has 1 fully saturated rings. The van der Waals surface area contributed by atoms with Crippen molar-refractivity contribution in [3.8, 4) is 0 Å². The van der Waals surface area contributed by atoms with Crippen molar-refractivity contribution in [1.82, 2.24) is 10.2 Å². The number of piperidine rings is 1. The Kier molecular flexibility index (Phi) is 4.11. The summed E-state index contributed by atoms with van der Waals surface area (Å²) in [7, 11) is 1.98. The third-order valence-corrected chi connectivity index (χ3v) is 3.62. The van der Waals surface area contributed by atoms with E-state index in [9.17, 15) is 4.79 Å². The second-order valence-corrected chi connectivity index (χ2v) is 4.61. The molecule has 1 heterocycles. The van der Waals surface area contributed by atoms with Gasteiger partial charge >= 0.3 is 5.97 Å². The van der Waals surface area contributed by atoms with Gasteiger partial charge in [0.1, 0.15) is 6.04 Å². The topological polar surface area (TPSA) is 52.6 Å². The molecular weight excluding hydrogens is 192 g/mol. The van der Waals surface area contributed by atoms with Crippen LogP contribution in [0, 0.1) is 0 Å². The molecule has 0 bridgehead atoms. The number of nitrogens with one attached hydrogen (secondary N) is 1. The number of hydrogen-bond acceptors (Lipinski definition) is 3. The van der Waals surface area contributed by atoms with Gasteiger partial charge in [-0.3, -0.25) is 9.69 Å². The zero-order valence-corrected chi connectivity index (χ0v) is 9.92. The molecule has 1 saturated heterocycles. The van der Waals surface area contributed by atoms with E-state index in [1.54, 1.807) is 0 Å². The van der Waals surface area contributed by atoms with Crippen molar-refractivity contribution in [3.63, 3.8) is 0 Å². The Hall–Kier alpha value is -0.610. The standard InChI is InChI=1S/C11H22N2O2/c1-4-9(10(14)15)13-7-5-11(2,12-3)6-8-13/h9,12H,4-8H2,1-3H3,(H,14,15). The molecule has 0 saturated carbocycles. The summed E-state index contributed by atoms with van der Waals surface area (Å²) in [5.74, 6) is -0.689. The average molecular weight is 214 g/mol. The fraction of sp³-hybridized carbons (Fsp3) is 0.909. The monoisotopic (exact) mass is 214 g/mol. The highest BCUT2D eigenvalue weighted by molar-refractivity contribution is 5.73. The van der Waals surface area contributed by atoms with Gasteiger partial charge in [0.2, 0.25) is 0 Å². The number of hydrogen-bond donors (Lipinski definition) is 2. The van der Waals surface area contributed by atoms with Crippen LogP contribution < -0.4 is 5.32 Å². The molecule has 1 atom stereocenters. The van der Waals surface area contributed by atoms with Crippen molar-refractivity contribution < 1.29 is 9.90 Å². The van der Waals surface area contributed by atoms with Crippen molar-refractivity contribution in [3.05, 3.63) is 0 Å². The molecule has 0 radical (unpaired) electrons. The van der Waals surface area contributed by atoms with Crippen molar-refractivity contribution >= 4 is 5.97 Å². The second kappa shape index (κ2) is 4.94. The zero-order valence-electron chi connectivity index (χ0n) is 9.92. The molecule has 88 valence electrons. The predicted molar refractivity (Wildman–Crippen MR) is 60.0 cm³/mol. The molecule has 4 nitrogen and oxygen atoms in total. The fourth-order valence-electron chi connectivity index (χ4n) is 2.17. The molecule has 4 heteroatoms. The van der Waals surface area contributed by atoms with E-state index in [0.29, 0.717) is 6.42 Å². The van der Waals surface area contributed by atoms with E-state index < -0.39 is 5.97 Å². The van der Waals surface area contributed by atoms with E-state index in [1.165, 1.54) is 0 Å². The summed E-state index contributed by atoms with van der Waals surface area (Å²) >= 11 is 0. The molecule has 15 heavy (non-hydrogen) atoms. The number of nitrogens with zero attached hydrogens (tertiary/aromatic N) is 1. The number of likely N-dealkylation sites (tertiary alicyclic amines) is 1. The molecule has 1 aliphatic rings. The van der Waals surface area contributed by atoms with Crippen LogP contribution in [0.4, 0.5) is 0 Å². The Balaban J connectivity index is 2.52. The Labute approximate surface area is 91.6 Å². The number of carbonyl (C=O) groups is 1. The maximum atomic E-state index is 11.0. The summed E-state index contributed by atoms with van der Waals surface area (Å²) in [6.45, 7) is 5.89. The summed E-state index contributed by atoms with van der Waals surface area (Å²) < 4.78 is 0. The lowest BCUT2D eigenvalue weighted by molar-refractivity contribution is -0.144. The summed E-state index contributed by atoms with van der Waals surface area (Å²) in [6, 6.07) is -0.300. The molecule has 0 aromatic carbocycles. The largest absolute Gasteiger partial charge is 0.480 e. The van der Waals surface area contributed by atoms with Crippen molar-refractivity contribution in [2.75, 3.05) is 20.1 Å². The van der Waals surface area contributed by atoms with Crippen LogP contribution in [0.1, 0.15) is 33.1 Å². The lowest BCUT2D eigenvalue weighted by atomic mass is 9.89. The van der Waals surface area contributed by atoms with E-state index in [1.807, 2.05) is 14.0 Å². The number of aliphatic carboxylic acids is 1. The fourth-order valence-corrected chi connectivity index (χ4v) is 2.17. The van der Waals surface area contributed by atoms with Gasteiger partial charge < -0.3 is 10.4 Å². The molecule has 2 N–H and O–H groups in total. The minimum atomic E-state index is -0.689. The summed E-state index contributed by atoms with van der Waals surface area (Å²) in [5.41, 5.74) is 0.188. The first-order valence-corrected chi connectivity index (χ1v) is 5.68. The third-order valence-electron chi connectivity index (χ3n) is 3.62. The maximum absolute atomic E-state index is 11.0. The molecule has 1 unspecified atom stereocenters. The molecule has 0 aliphatic carbocycles. The quantitative estimate of drug-likeness (QED) is 0.731. The first-order chi connectivity index (χ1) is 7.02. The molecule has 0 spiro atoms. The third kappa shape index (κ3) is 2.92. The lowest BCUT2D eigenvalue weighted by Crippen LogP contribution is -2.53. The van der Waals surface area contributed by atoms with Crippen LogP contribution in [0.15, 0.2) is 0 Å². The maximum Gasteiger partial charge on any atom is 0.320 e. The Bertz CT molecular complexity index is 223. The summed E-state index contributed by atoms with van der Waals surface area (Å²) in [4.78, 5) is 13.1. The van der Waals surface area contributed by atoms with Crippen LogP contribution in [0.2, 0.25) is 0 Å². The molecule has 0 amide bonds. The van der Waals surface area contributed by atoms with Crippen LogP contribution in [0.25, 0.3) is 0 Å². The summed E-state index contributed by atoms with van der Waals surface area (Å²) in [6.07, 6.45) is 2.73. The van der Waals surface area contributed by atoms with Crippen molar-refractivity contribution in [1.29, 1.82) is 0 Å². The van der Waals surface area contributed by atoms with Crippen LogP contribution in [-0.2, 0) is 4.79 Å². The highest BCUT2D eigenvalue weighted by Crippen LogP contribution is 2.23. The van der Waals surface area contributed by atoms with Gasteiger partial charge in [0.05, 0.1) is 0 Å². The zero-order chi connectivity index (χ0) is 11.5. The molecular formula is C11H22N2O2. The van der Waals surface area contributed by atoms with Gasteiger partial charge in [0.15, 0.2) is 0 Å². The number of carboxylic acid groups (broad SMARTS) is 1. The minimum Gasteiger partial charge on any atom is -0.480 e. The normalized spacial score (nSPS) is 23.7. The van der Waals surface area contributed by atoms with E-state index in [-0.39, 0.29) is 11.6 Å². The van der Waals surface area contributed by atoms with Gasteiger partial charge in [0, 0.05) is 18.6 Å². The van der Waals surface area contributed by atoms with Gasteiger partial charge in [-0.2, -0.15) is 0 Å². The predicted octanol–water partition coefficient (Wildman–Crippen LogP) is 0.923. The van der Waals surface area contributed by atoms with Gasteiger partial charge in [-0.15, -0.1) is 0 Å². The Morgan fingerprint density at radius 2 is 2.07 bits per heavy atom. The van der Waals surface area contributed by atoms with E-state index in [0.717, 1.165) is 25.9 Å². The minimum absolute atomic E-state index is 0.188. The van der Waals surface area contributed by atoms with E-state index in [2.05, 4.69) is 17.1 Å². The molecule has 1 aliphatic heterocycles. The van der Waals surface area contributed by atoms with Gasteiger partial charge in [-0.05, 0) is 33.2 Å². The van der Waals surface area contributed by atoms with Crippen molar-refractivity contribution in [2.24, 2.45) is 0 Å². The summed E-state index contributed by atoms with van der Waals surface area (Å²) in [5, 5.41) is 12.4. The van der Waals surface area contributed by atoms with Crippen molar-refractivity contribution in [2.45, 2.75) is 44.7 Å². The smallest absolute Gasteiger partial charge is 0.320 e. The van der Waals surface area contributed by atoms with Crippen LogP contribution in [0.5, 0.6) is 0 Å². The number of carboxylic acids is 1.